The smallest absolute Gasteiger partial charge is 0.295 e. The average Bonchev–Trinajstić information content (AvgIpc) is 3.19. The van der Waals surface area contributed by atoms with Crippen LogP contribution in [0, 0.1) is 13.8 Å². The first-order chi connectivity index (χ1) is 15.9. The van der Waals surface area contributed by atoms with Crippen LogP contribution in [0.3, 0.4) is 0 Å². The molecule has 33 heavy (non-hydrogen) atoms. The Morgan fingerprint density at radius 1 is 1.06 bits per heavy atom. The Morgan fingerprint density at radius 2 is 1.76 bits per heavy atom. The van der Waals surface area contributed by atoms with Crippen molar-refractivity contribution in [3.05, 3.63) is 81.9 Å². The van der Waals surface area contributed by atoms with Gasteiger partial charge in [-0.25, -0.2) is 9.36 Å². The van der Waals surface area contributed by atoms with Gasteiger partial charge < -0.3 is 10.1 Å². The molecule has 0 fully saturated rings. The van der Waals surface area contributed by atoms with Gasteiger partial charge in [-0.2, -0.15) is 10.2 Å². The lowest BCUT2D eigenvalue weighted by atomic mass is 10.1. The molecule has 0 unspecified atom stereocenters. The second-order valence-corrected chi connectivity index (χ2v) is 7.92. The Balaban J connectivity index is 1.58. The highest BCUT2D eigenvalue weighted by atomic mass is 16.5. The Hall–Kier alpha value is -3.94. The number of aryl methyl sites for hydroxylation is 2. The van der Waals surface area contributed by atoms with Crippen LogP contribution in [0.4, 0.5) is 0 Å². The SMILES string of the molecule is COc1ccccc1CCNC(=O)[C@@H](C)n1nc(C)c2c(C)n(-c3ccccc3)nc2c1=O. The van der Waals surface area contributed by atoms with Crippen LogP contribution in [-0.4, -0.2) is 39.1 Å². The molecule has 2 aromatic carbocycles. The molecule has 0 aliphatic rings. The van der Waals surface area contributed by atoms with Crippen molar-refractivity contribution >= 4 is 16.8 Å². The number of fused-ring (bicyclic) bond motifs is 1. The predicted molar refractivity (Wildman–Crippen MR) is 127 cm³/mol. The number of para-hydroxylation sites is 2. The Bertz CT molecular complexity index is 1360. The monoisotopic (exact) mass is 445 g/mol. The maximum absolute atomic E-state index is 13.2. The van der Waals surface area contributed by atoms with Crippen molar-refractivity contribution in [2.45, 2.75) is 33.2 Å². The van der Waals surface area contributed by atoms with Crippen LogP contribution in [0.1, 0.15) is 29.9 Å². The molecule has 8 nitrogen and oxygen atoms in total. The second-order valence-electron chi connectivity index (χ2n) is 7.92. The van der Waals surface area contributed by atoms with Crippen molar-refractivity contribution < 1.29 is 9.53 Å². The number of aromatic nitrogens is 4. The van der Waals surface area contributed by atoms with E-state index in [2.05, 4.69) is 15.5 Å². The molecule has 1 N–H and O–H groups in total. The molecule has 0 bridgehead atoms. The topological polar surface area (TPSA) is 91.0 Å². The summed E-state index contributed by atoms with van der Waals surface area (Å²) in [5, 5.41) is 12.6. The van der Waals surface area contributed by atoms with Crippen LogP contribution in [0.15, 0.2) is 59.4 Å². The van der Waals surface area contributed by atoms with Gasteiger partial charge >= 0.3 is 0 Å². The number of amides is 1. The molecule has 2 aromatic heterocycles. The number of carbonyl (C=O) groups excluding carboxylic acids is 1. The minimum atomic E-state index is -0.777. The lowest BCUT2D eigenvalue weighted by molar-refractivity contribution is -0.124. The minimum Gasteiger partial charge on any atom is -0.496 e. The van der Waals surface area contributed by atoms with Gasteiger partial charge in [0.2, 0.25) is 5.91 Å². The molecule has 0 spiro atoms. The van der Waals surface area contributed by atoms with Gasteiger partial charge in [0, 0.05) is 6.54 Å². The number of carbonyl (C=O) groups is 1. The summed E-state index contributed by atoms with van der Waals surface area (Å²) in [7, 11) is 1.62. The van der Waals surface area contributed by atoms with E-state index in [0.29, 0.717) is 29.6 Å². The molecule has 8 heteroatoms. The van der Waals surface area contributed by atoms with Crippen molar-refractivity contribution in [1.82, 2.24) is 24.9 Å². The minimum absolute atomic E-state index is 0.280. The van der Waals surface area contributed by atoms with Crippen LogP contribution >= 0.6 is 0 Å². The third-order valence-corrected chi connectivity index (χ3v) is 5.78. The third-order valence-electron chi connectivity index (χ3n) is 5.78. The van der Waals surface area contributed by atoms with Crippen LogP contribution in [0.25, 0.3) is 16.6 Å². The predicted octanol–water partition coefficient (Wildman–Crippen LogP) is 3.13. The average molecular weight is 446 g/mol. The second kappa shape index (κ2) is 9.28. The number of hydrogen-bond acceptors (Lipinski definition) is 5. The molecule has 0 aliphatic carbocycles. The highest BCUT2D eigenvalue weighted by Crippen LogP contribution is 2.22. The van der Waals surface area contributed by atoms with Crippen molar-refractivity contribution in [1.29, 1.82) is 0 Å². The third kappa shape index (κ3) is 4.24. The van der Waals surface area contributed by atoms with Crippen molar-refractivity contribution in [2.75, 3.05) is 13.7 Å². The fourth-order valence-corrected chi connectivity index (χ4v) is 4.02. The van der Waals surface area contributed by atoms with E-state index in [0.717, 1.165) is 22.7 Å². The van der Waals surface area contributed by atoms with Crippen molar-refractivity contribution in [3.63, 3.8) is 0 Å². The van der Waals surface area contributed by atoms with Gasteiger partial charge in [0.1, 0.15) is 11.8 Å². The van der Waals surface area contributed by atoms with Gasteiger partial charge in [-0.05, 0) is 51.0 Å². The first kappa shape index (κ1) is 22.3. The summed E-state index contributed by atoms with van der Waals surface area (Å²) in [6.07, 6.45) is 0.615. The fraction of sp³-hybridized carbons (Fsp3) is 0.280. The van der Waals surface area contributed by atoms with Gasteiger partial charge in [0.05, 0.1) is 29.6 Å². The summed E-state index contributed by atoms with van der Waals surface area (Å²) < 4.78 is 8.32. The van der Waals surface area contributed by atoms with E-state index in [1.54, 1.807) is 18.7 Å². The largest absolute Gasteiger partial charge is 0.496 e. The van der Waals surface area contributed by atoms with Gasteiger partial charge in [-0.1, -0.05) is 36.4 Å². The van der Waals surface area contributed by atoms with E-state index >= 15 is 0 Å². The van der Waals surface area contributed by atoms with Crippen molar-refractivity contribution in [2.24, 2.45) is 0 Å². The Kier molecular flexibility index (Phi) is 6.26. The summed E-state index contributed by atoms with van der Waals surface area (Å²) >= 11 is 0. The number of methoxy groups -OCH3 is 1. The number of nitrogens with zero attached hydrogens (tertiary/aromatic N) is 4. The normalized spacial score (nSPS) is 12.0. The number of nitrogens with one attached hydrogen (secondary N) is 1. The standard InChI is InChI=1S/C25H27N5O3/c1-16-22-17(2)29(20-11-6-5-7-12-20)28-23(22)25(32)30(27-16)18(3)24(31)26-15-14-19-10-8-9-13-21(19)33-4/h5-13,18H,14-15H2,1-4H3,(H,26,31)/t18-/m1/s1. The van der Waals surface area contributed by atoms with Gasteiger partial charge in [-0.15, -0.1) is 0 Å². The zero-order chi connectivity index (χ0) is 23.5. The van der Waals surface area contributed by atoms with Crippen LogP contribution in [0.5, 0.6) is 5.75 Å². The van der Waals surface area contributed by atoms with E-state index in [1.807, 2.05) is 68.4 Å². The van der Waals surface area contributed by atoms with E-state index in [1.165, 1.54) is 4.68 Å². The lowest BCUT2D eigenvalue weighted by Gasteiger charge is -2.15. The van der Waals surface area contributed by atoms with Crippen LogP contribution < -0.4 is 15.6 Å². The molecule has 170 valence electrons. The zero-order valence-electron chi connectivity index (χ0n) is 19.2. The van der Waals surface area contributed by atoms with Gasteiger partial charge in [0.25, 0.3) is 5.56 Å². The van der Waals surface area contributed by atoms with Gasteiger partial charge in [-0.3, -0.25) is 9.59 Å². The fourth-order valence-electron chi connectivity index (χ4n) is 4.02. The van der Waals surface area contributed by atoms with E-state index in [-0.39, 0.29) is 11.5 Å². The molecule has 4 aromatic rings. The molecule has 0 saturated carbocycles. The molecule has 0 aliphatic heterocycles. The quantitative estimate of drug-likeness (QED) is 0.472. The molecule has 0 radical (unpaired) electrons. The number of ether oxygens (including phenoxy) is 1. The molecular weight excluding hydrogens is 418 g/mol. The van der Waals surface area contributed by atoms with E-state index in [4.69, 9.17) is 4.74 Å². The summed E-state index contributed by atoms with van der Waals surface area (Å²) in [4.78, 5) is 26.0. The summed E-state index contributed by atoms with van der Waals surface area (Å²) in [5.74, 6) is 0.501. The Morgan fingerprint density at radius 3 is 2.48 bits per heavy atom. The maximum Gasteiger partial charge on any atom is 0.295 e. The van der Waals surface area contributed by atoms with Gasteiger partial charge in [0.15, 0.2) is 5.52 Å². The molecule has 2 heterocycles. The van der Waals surface area contributed by atoms with Crippen LogP contribution in [-0.2, 0) is 11.2 Å². The Labute approximate surface area is 191 Å². The number of hydrogen-bond donors (Lipinski definition) is 1. The van der Waals surface area contributed by atoms with Crippen LogP contribution in [0.2, 0.25) is 0 Å². The molecule has 1 atom stereocenters. The first-order valence-electron chi connectivity index (χ1n) is 10.9. The lowest BCUT2D eigenvalue weighted by Crippen LogP contribution is -2.38. The maximum atomic E-state index is 13.2. The summed E-state index contributed by atoms with van der Waals surface area (Å²) in [6, 6.07) is 16.5. The summed E-state index contributed by atoms with van der Waals surface area (Å²) in [5.41, 5.74) is 3.26. The molecule has 1 amide bonds. The number of rotatable bonds is 7. The first-order valence-corrected chi connectivity index (χ1v) is 10.9. The van der Waals surface area contributed by atoms with E-state index in [9.17, 15) is 9.59 Å². The molecule has 0 saturated heterocycles. The van der Waals surface area contributed by atoms with E-state index < -0.39 is 6.04 Å². The highest BCUT2D eigenvalue weighted by Gasteiger charge is 2.23. The molecular formula is C25H27N5O3. The summed E-state index contributed by atoms with van der Waals surface area (Å²) in [6.45, 7) is 5.82. The number of benzene rings is 2. The highest BCUT2D eigenvalue weighted by molar-refractivity contribution is 5.84. The zero-order valence-corrected chi connectivity index (χ0v) is 19.2. The molecule has 4 rings (SSSR count). The van der Waals surface area contributed by atoms with Crippen molar-refractivity contribution in [3.8, 4) is 11.4 Å².